The van der Waals surface area contributed by atoms with E-state index in [0.717, 1.165) is 0 Å². The van der Waals surface area contributed by atoms with Gasteiger partial charge in [-0.05, 0) is 11.4 Å². The molecule has 0 aliphatic heterocycles. The summed E-state index contributed by atoms with van der Waals surface area (Å²) < 4.78 is 0. The zero-order chi connectivity index (χ0) is 9.14. The molecule has 0 aliphatic carbocycles. The summed E-state index contributed by atoms with van der Waals surface area (Å²) in [4.78, 5) is 0.614. The van der Waals surface area contributed by atoms with E-state index in [1.54, 1.807) is 11.4 Å². The van der Waals surface area contributed by atoms with Crippen LogP contribution in [-0.4, -0.2) is 21.6 Å². The van der Waals surface area contributed by atoms with Crippen LogP contribution in [0.25, 0.3) is 0 Å². The maximum Gasteiger partial charge on any atom is 0.116 e. The molecule has 0 spiro atoms. The fourth-order valence-electron chi connectivity index (χ4n) is 0.776. The Labute approximate surface area is 87.9 Å². The highest BCUT2D eigenvalue weighted by molar-refractivity contribution is 9.09. The van der Waals surface area contributed by atoms with Crippen molar-refractivity contribution in [2.45, 2.75) is 12.2 Å². The van der Waals surface area contributed by atoms with E-state index in [-0.39, 0.29) is 0 Å². The first-order valence-corrected chi connectivity index (χ1v) is 5.69. The lowest BCUT2D eigenvalue weighted by molar-refractivity contribution is 0.0366. The van der Waals surface area contributed by atoms with Crippen LogP contribution < -0.4 is 0 Å². The smallest absolute Gasteiger partial charge is 0.116 e. The van der Waals surface area contributed by atoms with Crippen molar-refractivity contribution in [3.8, 4) is 0 Å². The SMILES string of the molecule is OC(CBr)C(O)c1sccc1Cl. The average Bonchev–Trinajstić information content (AvgIpc) is 2.48. The Morgan fingerprint density at radius 2 is 2.25 bits per heavy atom. The number of hydrogen-bond acceptors (Lipinski definition) is 3. The van der Waals surface area contributed by atoms with Gasteiger partial charge in [-0.1, -0.05) is 27.5 Å². The molecule has 2 unspecified atom stereocenters. The zero-order valence-corrected chi connectivity index (χ0v) is 9.23. The lowest BCUT2D eigenvalue weighted by Crippen LogP contribution is -2.18. The van der Waals surface area contributed by atoms with Gasteiger partial charge in [0.05, 0.1) is 16.0 Å². The number of rotatable bonds is 3. The van der Waals surface area contributed by atoms with Gasteiger partial charge in [-0.25, -0.2) is 0 Å². The molecular formula is C7H8BrClO2S. The summed E-state index contributed by atoms with van der Waals surface area (Å²) in [6.45, 7) is 0. The first kappa shape index (κ1) is 10.5. The van der Waals surface area contributed by atoms with Crippen LogP contribution >= 0.6 is 38.9 Å². The number of halogens is 2. The molecule has 68 valence electrons. The Morgan fingerprint density at radius 1 is 1.58 bits per heavy atom. The third-order valence-electron chi connectivity index (χ3n) is 1.44. The highest BCUT2D eigenvalue weighted by Crippen LogP contribution is 2.30. The molecule has 1 rings (SSSR count). The minimum absolute atomic E-state index is 0.336. The van der Waals surface area contributed by atoms with E-state index in [1.165, 1.54) is 11.3 Å². The van der Waals surface area contributed by atoms with E-state index >= 15 is 0 Å². The van der Waals surface area contributed by atoms with Crippen LogP contribution in [0.15, 0.2) is 11.4 Å². The molecule has 12 heavy (non-hydrogen) atoms. The minimum Gasteiger partial charge on any atom is -0.389 e. The fraction of sp³-hybridized carbons (Fsp3) is 0.429. The van der Waals surface area contributed by atoms with E-state index in [2.05, 4.69) is 15.9 Å². The molecule has 2 atom stereocenters. The first-order valence-electron chi connectivity index (χ1n) is 3.31. The molecule has 0 fully saturated rings. The van der Waals surface area contributed by atoms with Gasteiger partial charge in [-0.15, -0.1) is 11.3 Å². The third-order valence-corrected chi connectivity index (χ3v) is 3.53. The second-order valence-corrected chi connectivity index (χ2v) is 4.30. The molecule has 1 aromatic rings. The van der Waals surface area contributed by atoms with Gasteiger partial charge in [0.15, 0.2) is 0 Å². The highest BCUT2D eigenvalue weighted by atomic mass is 79.9. The lowest BCUT2D eigenvalue weighted by Gasteiger charge is -2.13. The summed E-state index contributed by atoms with van der Waals surface area (Å²) in [6, 6.07) is 1.70. The second kappa shape index (κ2) is 4.58. The van der Waals surface area contributed by atoms with Crippen molar-refractivity contribution in [2.75, 3.05) is 5.33 Å². The number of aliphatic hydroxyl groups excluding tert-OH is 2. The summed E-state index contributed by atoms with van der Waals surface area (Å²) >= 11 is 10.2. The minimum atomic E-state index is -0.892. The second-order valence-electron chi connectivity index (χ2n) is 2.30. The molecule has 0 aromatic carbocycles. The normalized spacial score (nSPS) is 16.0. The van der Waals surface area contributed by atoms with Crippen LogP contribution in [-0.2, 0) is 0 Å². The van der Waals surface area contributed by atoms with Gasteiger partial charge in [0.2, 0.25) is 0 Å². The lowest BCUT2D eigenvalue weighted by atomic mass is 10.2. The maximum absolute atomic E-state index is 9.50. The fourth-order valence-corrected chi connectivity index (χ4v) is 2.34. The molecule has 0 radical (unpaired) electrons. The van der Waals surface area contributed by atoms with Crippen LogP contribution in [0.1, 0.15) is 11.0 Å². The van der Waals surface area contributed by atoms with Gasteiger partial charge in [0, 0.05) is 5.33 Å². The Kier molecular flexibility index (Phi) is 3.99. The van der Waals surface area contributed by atoms with Crippen molar-refractivity contribution < 1.29 is 10.2 Å². The predicted octanol–water partition coefficient (Wildman–Crippen LogP) is 2.19. The van der Waals surface area contributed by atoms with E-state index in [9.17, 15) is 10.2 Å². The molecule has 1 aromatic heterocycles. The van der Waals surface area contributed by atoms with Crippen molar-refractivity contribution in [3.05, 3.63) is 21.3 Å². The van der Waals surface area contributed by atoms with E-state index in [0.29, 0.717) is 15.2 Å². The maximum atomic E-state index is 9.50. The Morgan fingerprint density at radius 3 is 2.67 bits per heavy atom. The summed E-state index contributed by atoms with van der Waals surface area (Å²) in [7, 11) is 0. The summed E-state index contributed by atoms with van der Waals surface area (Å²) in [6.07, 6.45) is -1.70. The van der Waals surface area contributed by atoms with Gasteiger partial charge in [-0.3, -0.25) is 0 Å². The first-order chi connectivity index (χ1) is 5.66. The molecule has 0 bridgehead atoms. The molecule has 0 saturated heterocycles. The predicted molar refractivity (Wildman–Crippen MR) is 54.1 cm³/mol. The van der Waals surface area contributed by atoms with Crippen molar-refractivity contribution in [1.82, 2.24) is 0 Å². The zero-order valence-electron chi connectivity index (χ0n) is 6.08. The van der Waals surface area contributed by atoms with Crippen molar-refractivity contribution >= 4 is 38.9 Å². The number of alkyl halides is 1. The van der Waals surface area contributed by atoms with Gasteiger partial charge in [0.25, 0.3) is 0 Å². The topological polar surface area (TPSA) is 40.5 Å². The van der Waals surface area contributed by atoms with E-state index in [4.69, 9.17) is 11.6 Å². The largest absolute Gasteiger partial charge is 0.389 e. The van der Waals surface area contributed by atoms with Gasteiger partial charge in [-0.2, -0.15) is 0 Å². The van der Waals surface area contributed by atoms with Gasteiger partial charge >= 0.3 is 0 Å². The van der Waals surface area contributed by atoms with Gasteiger partial charge in [0.1, 0.15) is 6.10 Å². The molecule has 5 heteroatoms. The molecule has 0 saturated carbocycles. The molecule has 2 N–H and O–H groups in total. The third kappa shape index (κ3) is 2.20. The Hall–Kier alpha value is 0.390. The van der Waals surface area contributed by atoms with Crippen molar-refractivity contribution in [3.63, 3.8) is 0 Å². The highest BCUT2D eigenvalue weighted by Gasteiger charge is 2.20. The van der Waals surface area contributed by atoms with Crippen LogP contribution in [0.2, 0.25) is 5.02 Å². The van der Waals surface area contributed by atoms with Crippen LogP contribution in [0.4, 0.5) is 0 Å². The number of hydrogen-bond donors (Lipinski definition) is 2. The Balaban J connectivity index is 2.77. The number of thiophene rings is 1. The van der Waals surface area contributed by atoms with E-state index < -0.39 is 12.2 Å². The van der Waals surface area contributed by atoms with E-state index in [1.807, 2.05) is 0 Å². The molecule has 0 amide bonds. The van der Waals surface area contributed by atoms with Crippen LogP contribution in [0.3, 0.4) is 0 Å². The number of aliphatic hydroxyl groups is 2. The van der Waals surface area contributed by atoms with Gasteiger partial charge < -0.3 is 10.2 Å². The summed E-state index contributed by atoms with van der Waals surface area (Å²) in [5.41, 5.74) is 0. The van der Waals surface area contributed by atoms with Crippen molar-refractivity contribution in [2.24, 2.45) is 0 Å². The van der Waals surface area contributed by atoms with Crippen LogP contribution in [0.5, 0.6) is 0 Å². The standard InChI is InChI=1S/C7H8BrClO2S/c8-3-5(10)6(11)7-4(9)1-2-12-7/h1-2,5-6,10-11H,3H2. The molecular weight excluding hydrogens is 263 g/mol. The molecule has 1 heterocycles. The van der Waals surface area contributed by atoms with Crippen LogP contribution in [0, 0.1) is 0 Å². The quantitative estimate of drug-likeness (QED) is 0.828. The molecule has 2 nitrogen and oxygen atoms in total. The monoisotopic (exact) mass is 270 g/mol. The summed E-state index contributed by atoms with van der Waals surface area (Å²) in [5, 5.41) is 21.4. The molecule has 0 aliphatic rings. The Bertz CT molecular complexity index is 253. The average molecular weight is 272 g/mol. The van der Waals surface area contributed by atoms with Crippen molar-refractivity contribution in [1.29, 1.82) is 0 Å². The summed E-state index contributed by atoms with van der Waals surface area (Å²) in [5.74, 6) is 0.